The van der Waals surface area contributed by atoms with E-state index >= 15 is 0 Å². The molecule has 0 saturated heterocycles. The molecule has 4 saturated carbocycles. The molecule has 0 spiro atoms. The zero-order valence-electron chi connectivity index (χ0n) is 9.45. The molecule has 0 amide bonds. The molecule has 3 nitrogen and oxygen atoms in total. The largest absolute Gasteiger partial charge is 0.368 e. The predicted molar refractivity (Wildman–Crippen MR) is 58.5 cm³/mol. The highest BCUT2D eigenvalue weighted by Crippen LogP contribution is 2.62. The van der Waals surface area contributed by atoms with E-state index in [0.717, 1.165) is 37.0 Å². The topological polar surface area (TPSA) is 46.5 Å². The molecule has 3 heteroatoms. The standard InChI is InChI=1S/C13H18O3/c1-8(12(14)16-15)13-5-9-2-10(6-13)4-11(3-9)7-13/h9-11,15H,1-7H2. The average Bonchev–Trinajstić information content (AvgIpc) is 2.25. The van der Waals surface area contributed by atoms with Crippen molar-refractivity contribution in [3.63, 3.8) is 0 Å². The minimum atomic E-state index is -0.623. The summed E-state index contributed by atoms with van der Waals surface area (Å²) in [6.45, 7) is 3.88. The Morgan fingerprint density at radius 1 is 1.12 bits per heavy atom. The van der Waals surface area contributed by atoms with Crippen LogP contribution in [0, 0.1) is 23.2 Å². The minimum Gasteiger partial charge on any atom is -0.296 e. The molecule has 4 aliphatic carbocycles. The summed E-state index contributed by atoms with van der Waals surface area (Å²) < 4.78 is 0. The highest BCUT2D eigenvalue weighted by atomic mass is 17.1. The van der Waals surface area contributed by atoms with Crippen molar-refractivity contribution in [2.75, 3.05) is 0 Å². The second-order valence-corrected chi connectivity index (χ2v) is 6.06. The van der Waals surface area contributed by atoms with E-state index < -0.39 is 5.97 Å². The van der Waals surface area contributed by atoms with Crippen molar-refractivity contribution in [1.29, 1.82) is 0 Å². The average molecular weight is 222 g/mol. The lowest BCUT2D eigenvalue weighted by Gasteiger charge is -2.56. The Morgan fingerprint density at radius 3 is 1.94 bits per heavy atom. The lowest BCUT2D eigenvalue weighted by Crippen LogP contribution is -2.48. The van der Waals surface area contributed by atoms with Gasteiger partial charge in [0.25, 0.3) is 0 Å². The summed E-state index contributed by atoms with van der Waals surface area (Å²) in [5.74, 6) is 1.69. The number of carbonyl (C=O) groups is 1. The molecule has 0 aromatic carbocycles. The van der Waals surface area contributed by atoms with Crippen LogP contribution >= 0.6 is 0 Å². The summed E-state index contributed by atoms with van der Waals surface area (Å²) >= 11 is 0. The van der Waals surface area contributed by atoms with Gasteiger partial charge >= 0.3 is 5.97 Å². The molecule has 4 aliphatic rings. The monoisotopic (exact) mass is 222 g/mol. The first-order valence-electron chi connectivity index (χ1n) is 6.18. The zero-order chi connectivity index (χ0) is 11.3. The molecule has 4 fully saturated rings. The van der Waals surface area contributed by atoms with E-state index in [2.05, 4.69) is 11.5 Å². The third-order valence-electron chi connectivity index (χ3n) is 5.01. The Morgan fingerprint density at radius 2 is 1.56 bits per heavy atom. The van der Waals surface area contributed by atoms with Gasteiger partial charge in [0.1, 0.15) is 0 Å². The van der Waals surface area contributed by atoms with Crippen molar-refractivity contribution in [1.82, 2.24) is 0 Å². The first kappa shape index (κ1) is 10.3. The summed E-state index contributed by atoms with van der Waals surface area (Å²) in [6, 6.07) is 0. The van der Waals surface area contributed by atoms with Gasteiger partial charge in [0.2, 0.25) is 0 Å². The van der Waals surface area contributed by atoms with Gasteiger partial charge < -0.3 is 0 Å². The highest BCUT2D eigenvalue weighted by molar-refractivity contribution is 5.88. The zero-order valence-corrected chi connectivity index (χ0v) is 9.45. The van der Waals surface area contributed by atoms with Crippen LogP contribution < -0.4 is 0 Å². The number of carbonyl (C=O) groups excluding carboxylic acids is 1. The van der Waals surface area contributed by atoms with Crippen LogP contribution in [0.15, 0.2) is 12.2 Å². The minimum absolute atomic E-state index is 0.0471. The lowest BCUT2D eigenvalue weighted by molar-refractivity contribution is -0.231. The summed E-state index contributed by atoms with van der Waals surface area (Å²) in [6.07, 6.45) is 7.23. The molecule has 0 aliphatic heterocycles. The third kappa shape index (κ3) is 1.34. The van der Waals surface area contributed by atoms with Crippen molar-refractivity contribution in [3.05, 3.63) is 12.2 Å². The molecule has 0 unspecified atom stereocenters. The van der Waals surface area contributed by atoms with Crippen LogP contribution in [0.5, 0.6) is 0 Å². The molecule has 1 N–H and O–H groups in total. The lowest BCUT2D eigenvalue weighted by atomic mass is 9.48. The van der Waals surface area contributed by atoms with Crippen LogP contribution in [0.2, 0.25) is 0 Å². The maximum Gasteiger partial charge on any atom is 0.368 e. The Kier molecular flexibility index (Phi) is 2.15. The molecule has 0 aromatic heterocycles. The van der Waals surface area contributed by atoms with Gasteiger partial charge in [-0.3, -0.25) is 4.89 Å². The first-order valence-corrected chi connectivity index (χ1v) is 6.18. The fourth-order valence-corrected chi connectivity index (χ4v) is 4.75. The molecule has 0 radical (unpaired) electrons. The van der Waals surface area contributed by atoms with Gasteiger partial charge in [-0.2, -0.15) is 5.26 Å². The van der Waals surface area contributed by atoms with E-state index in [1.807, 2.05) is 0 Å². The summed E-state index contributed by atoms with van der Waals surface area (Å²) in [4.78, 5) is 15.3. The van der Waals surface area contributed by atoms with Crippen LogP contribution in [0.3, 0.4) is 0 Å². The number of hydrogen-bond donors (Lipinski definition) is 1. The number of rotatable bonds is 2. The van der Waals surface area contributed by atoms with Gasteiger partial charge in [-0.25, -0.2) is 4.79 Å². The SMILES string of the molecule is C=C(C(=O)OO)C12CC3CC(CC(C3)C1)C2. The molecule has 0 atom stereocenters. The molecule has 88 valence electrons. The summed E-state index contributed by atoms with van der Waals surface area (Å²) in [7, 11) is 0. The Bertz CT molecular complexity index is 310. The van der Waals surface area contributed by atoms with Crippen molar-refractivity contribution >= 4 is 5.97 Å². The molecule has 0 aromatic rings. The summed E-state index contributed by atoms with van der Waals surface area (Å²) in [5.41, 5.74) is 0.461. The predicted octanol–water partition coefficient (Wildman–Crippen LogP) is 2.78. The van der Waals surface area contributed by atoms with Crippen LogP contribution in [0.25, 0.3) is 0 Å². The highest BCUT2D eigenvalue weighted by Gasteiger charge is 2.53. The molecule has 4 rings (SSSR count). The van der Waals surface area contributed by atoms with Gasteiger partial charge in [-0.1, -0.05) is 6.58 Å². The van der Waals surface area contributed by atoms with E-state index in [-0.39, 0.29) is 5.41 Å². The fourth-order valence-electron chi connectivity index (χ4n) is 4.75. The fraction of sp³-hybridized carbons (Fsp3) is 0.769. The van der Waals surface area contributed by atoms with Gasteiger partial charge in [-0.15, -0.1) is 0 Å². The van der Waals surface area contributed by atoms with Gasteiger partial charge in [0.05, 0.1) is 0 Å². The smallest absolute Gasteiger partial charge is 0.296 e. The van der Waals surface area contributed by atoms with Crippen LogP contribution in [-0.2, 0) is 9.68 Å². The second kappa shape index (κ2) is 3.33. The quantitative estimate of drug-likeness (QED) is 0.444. The Balaban J connectivity index is 1.88. The normalized spacial score (nSPS) is 44.4. The van der Waals surface area contributed by atoms with Gasteiger partial charge in [0, 0.05) is 11.0 Å². The molecule has 4 bridgehead atoms. The Labute approximate surface area is 95.4 Å². The van der Waals surface area contributed by atoms with E-state index in [1.54, 1.807) is 0 Å². The van der Waals surface area contributed by atoms with E-state index in [0.29, 0.717) is 5.57 Å². The maximum atomic E-state index is 11.5. The van der Waals surface area contributed by atoms with Crippen LogP contribution in [-0.4, -0.2) is 11.2 Å². The molecule has 16 heavy (non-hydrogen) atoms. The Hall–Kier alpha value is -0.830. The van der Waals surface area contributed by atoms with E-state index in [4.69, 9.17) is 5.26 Å². The summed E-state index contributed by atoms with van der Waals surface area (Å²) in [5, 5.41) is 8.50. The van der Waals surface area contributed by atoms with Gasteiger partial charge in [0.15, 0.2) is 0 Å². The van der Waals surface area contributed by atoms with Gasteiger partial charge in [-0.05, 0) is 56.3 Å². The number of hydrogen-bond acceptors (Lipinski definition) is 3. The molecule has 0 heterocycles. The van der Waals surface area contributed by atoms with Crippen molar-refractivity contribution in [2.24, 2.45) is 23.2 Å². The maximum absolute atomic E-state index is 11.5. The van der Waals surface area contributed by atoms with Crippen LogP contribution in [0.4, 0.5) is 0 Å². The van der Waals surface area contributed by atoms with Crippen molar-refractivity contribution in [3.8, 4) is 0 Å². The molecular formula is C13H18O3. The van der Waals surface area contributed by atoms with Crippen LogP contribution in [0.1, 0.15) is 38.5 Å². The van der Waals surface area contributed by atoms with E-state index in [1.165, 1.54) is 19.3 Å². The van der Waals surface area contributed by atoms with E-state index in [9.17, 15) is 4.79 Å². The van der Waals surface area contributed by atoms with Crippen molar-refractivity contribution < 1.29 is 14.9 Å². The van der Waals surface area contributed by atoms with Crippen molar-refractivity contribution in [2.45, 2.75) is 38.5 Å². The first-order chi connectivity index (χ1) is 7.63. The molecular weight excluding hydrogens is 204 g/mol. The second-order valence-electron chi connectivity index (χ2n) is 6.06. The third-order valence-corrected chi connectivity index (χ3v) is 5.01.